The summed E-state index contributed by atoms with van der Waals surface area (Å²) in [5.74, 6) is -2.80. The molecule has 2 saturated heterocycles. The van der Waals surface area contributed by atoms with Crippen LogP contribution in [0.1, 0.15) is 10.4 Å². The number of hydrogen-bond acceptors (Lipinski definition) is 5. The van der Waals surface area contributed by atoms with Crippen LogP contribution >= 0.6 is 0 Å². The quantitative estimate of drug-likeness (QED) is 0.768. The first-order chi connectivity index (χ1) is 12.8. The van der Waals surface area contributed by atoms with Gasteiger partial charge in [-0.15, -0.1) is 0 Å². The molecule has 1 aromatic carbocycles. The number of rotatable bonds is 3. The second kappa shape index (κ2) is 6.38. The molecule has 1 atom stereocenters. The molecule has 10 heteroatoms. The van der Waals surface area contributed by atoms with E-state index >= 15 is 0 Å². The van der Waals surface area contributed by atoms with E-state index in [0.29, 0.717) is 0 Å². The lowest BCUT2D eigenvalue weighted by atomic mass is 9.94. The third-order valence-corrected chi connectivity index (χ3v) is 7.16. The van der Waals surface area contributed by atoms with Crippen molar-refractivity contribution in [3.8, 4) is 0 Å². The van der Waals surface area contributed by atoms with Crippen molar-refractivity contribution in [3.63, 3.8) is 0 Å². The lowest BCUT2D eigenvalue weighted by Gasteiger charge is -2.52. The predicted molar refractivity (Wildman–Crippen MR) is 90.7 cm³/mol. The SMILES string of the molecule is O=C(c1ccc(F)c(F)c1)N1CC2(C1)CS(=O)(=O)[C@@H](Cn1ccnc1)CO2. The summed E-state index contributed by atoms with van der Waals surface area (Å²) in [6.07, 6.45) is 4.81. The minimum atomic E-state index is -3.42. The first kappa shape index (κ1) is 18.1. The van der Waals surface area contributed by atoms with Crippen molar-refractivity contribution in [1.29, 1.82) is 0 Å². The zero-order valence-electron chi connectivity index (χ0n) is 14.2. The number of carbonyl (C=O) groups is 1. The van der Waals surface area contributed by atoms with E-state index in [4.69, 9.17) is 4.74 Å². The third kappa shape index (κ3) is 3.34. The van der Waals surface area contributed by atoms with E-state index in [-0.39, 0.29) is 37.6 Å². The minimum Gasteiger partial charge on any atom is -0.369 e. The average Bonchev–Trinajstić information content (AvgIpc) is 3.09. The van der Waals surface area contributed by atoms with Crippen molar-refractivity contribution in [3.05, 3.63) is 54.1 Å². The van der Waals surface area contributed by atoms with Gasteiger partial charge in [-0.3, -0.25) is 4.79 Å². The first-order valence-electron chi connectivity index (χ1n) is 8.34. The monoisotopic (exact) mass is 397 g/mol. The van der Waals surface area contributed by atoms with Crippen molar-refractivity contribution in [2.75, 3.05) is 25.4 Å². The molecule has 2 fully saturated rings. The topological polar surface area (TPSA) is 81.5 Å². The number of halogens is 2. The second-order valence-corrected chi connectivity index (χ2v) is 9.25. The Hall–Kier alpha value is -2.33. The van der Waals surface area contributed by atoms with E-state index in [1.807, 2.05) is 0 Å². The van der Waals surface area contributed by atoms with Gasteiger partial charge < -0.3 is 14.2 Å². The summed E-state index contributed by atoms with van der Waals surface area (Å²) in [5, 5.41) is -0.673. The van der Waals surface area contributed by atoms with Gasteiger partial charge in [-0.2, -0.15) is 0 Å². The van der Waals surface area contributed by atoms with Crippen LogP contribution in [0, 0.1) is 11.6 Å². The standard InChI is InChI=1S/C17H17F2N3O4S/c18-14-2-1-12(5-15(14)19)16(23)22-8-17(9-22)10-27(24,25)13(7-26-17)6-21-4-3-20-11-21/h1-5,11,13H,6-10H2/t13-/m0/s1. The maximum Gasteiger partial charge on any atom is 0.254 e. The molecule has 1 amide bonds. The lowest BCUT2D eigenvalue weighted by Crippen LogP contribution is -2.70. The molecule has 27 heavy (non-hydrogen) atoms. The van der Waals surface area contributed by atoms with Crippen LogP contribution in [0.15, 0.2) is 36.9 Å². The zero-order chi connectivity index (χ0) is 19.2. The van der Waals surface area contributed by atoms with Gasteiger partial charge in [0.25, 0.3) is 5.91 Å². The molecule has 0 unspecified atom stereocenters. The number of imidazole rings is 1. The van der Waals surface area contributed by atoms with Crippen molar-refractivity contribution in [2.24, 2.45) is 0 Å². The van der Waals surface area contributed by atoms with Crippen LogP contribution in [0.5, 0.6) is 0 Å². The molecule has 1 aromatic heterocycles. The van der Waals surface area contributed by atoms with Gasteiger partial charge in [0.2, 0.25) is 0 Å². The van der Waals surface area contributed by atoms with Crippen LogP contribution in [0.25, 0.3) is 0 Å². The molecule has 0 N–H and O–H groups in total. The molecular formula is C17H17F2N3O4S. The number of ether oxygens (including phenoxy) is 1. The van der Waals surface area contributed by atoms with Gasteiger partial charge in [0.05, 0.1) is 31.8 Å². The maximum absolute atomic E-state index is 13.3. The highest BCUT2D eigenvalue weighted by Crippen LogP contribution is 2.34. The largest absolute Gasteiger partial charge is 0.369 e. The van der Waals surface area contributed by atoms with E-state index in [9.17, 15) is 22.0 Å². The molecule has 0 bridgehead atoms. The predicted octanol–water partition coefficient (Wildman–Crippen LogP) is 0.870. The van der Waals surface area contributed by atoms with Gasteiger partial charge >= 0.3 is 0 Å². The van der Waals surface area contributed by atoms with E-state index in [2.05, 4.69) is 4.98 Å². The molecule has 1 spiro atoms. The molecule has 2 aliphatic heterocycles. The van der Waals surface area contributed by atoms with Gasteiger partial charge in [-0.05, 0) is 18.2 Å². The summed E-state index contributed by atoms with van der Waals surface area (Å²) < 4.78 is 59.1. The number of carbonyl (C=O) groups excluding carboxylic acids is 1. The number of nitrogens with zero attached hydrogens (tertiary/aromatic N) is 3. The van der Waals surface area contributed by atoms with Crippen LogP contribution in [-0.4, -0.2) is 65.1 Å². The Labute approximate surface area is 154 Å². The summed E-state index contributed by atoms with van der Waals surface area (Å²) in [7, 11) is -3.42. The molecule has 0 saturated carbocycles. The van der Waals surface area contributed by atoms with E-state index in [0.717, 1.165) is 12.1 Å². The number of likely N-dealkylation sites (tertiary alicyclic amines) is 1. The maximum atomic E-state index is 13.3. The lowest BCUT2D eigenvalue weighted by molar-refractivity contribution is -0.121. The number of amides is 1. The van der Waals surface area contributed by atoms with Gasteiger partial charge in [0.15, 0.2) is 21.5 Å². The summed E-state index contributed by atoms with van der Waals surface area (Å²) in [6.45, 7) is 0.493. The van der Waals surface area contributed by atoms with Crippen LogP contribution in [-0.2, 0) is 21.1 Å². The Morgan fingerprint density at radius 2 is 2.07 bits per heavy atom. The highest BCUT2D eigenvalue weighted by molar-refractivity contribution is 7.92. The third-order valence-electron chi connectivity index (χ3n) is 4.93. The molecule has 7 nitrogen and oxygen atoms in total. The van der Waals surface area contributed by atoms with Crippen molar-refractivity contribution >= 4 is 15.7 Å². The molecule has 4 rings (SSSR count). The number of sulfone groups is 1. The Morgan fingerprint density at radius 3 is 2.70 bits per heavy atom. The van der Waals surface area contributed by atoms with Gasteiger partial charge in [-0.1, -0.05) is 0 Å². The van der Waals surface area contributed by atoms with E-state index in [1.54, 1.807) is 23.3 Å². The molecule has 3 heterocycles. The van der Waals surface area contributed by atoms with E-state index in [1.165, 1.54) is 11.0 Å². The minimum absolute atomic E-state index is 0.0143. The first-order valence-corrected chi connectivity index (χ1v) is 10.1. The fourth-order valence-electron chi connectivity index (χ4n) is 3.48. The smallest absolute Gasteiger partial charge is 0.254 e. The molecule has 144 valence electrons. The van der Waals surface area contributed by atoms with Gasteiger partial charge in [0.1, 0.15) is 10.9 Å². The van der Waals surface area contributed by atoms with Crippen LogP contribution in [0.2, 0.25) is 0 Å². The van der Waals surface area contributed by atoms with E-state index < -0.39 is 38.2 Å². The Morgan fingerprint density at radius 1 is 1.30 bits per heavy atom. The summed E-state index contributed by atoms with van der Waals surface area (Å²) in [6, 6.07) is 2.92. The summed E-state index contributed by atoms with van der Waals surface area (Å²) in [4.78, 5) is 17.6. The second-order valence-electron chi connectivity index (χ2n) is 6.97. The Bertz CT molecular complexity index is 972. The fraction of sp³-hybridized carbons (Fsp3) is 0.412. The highest BCUT2D eigenvalue weighted by Gasteiger charge is 2.53. The number of benzene rings is 1. The average molecular weight is 397 g/mol. The van der Waals surface area contributed by atoms with Crippen molar-refractivity contribution in [2.45, 2.75) is 17.4 Å². The molecule has 0 radical (unpaired) electrons. The highest BCUT2D eigenvalue weighted by atomic mass is 32.2. The Balaban J connectivity index is 1.41. The van der Waals surface area contributed by atoms with Gasteiger partial charge in [0, 0.05) is 24.5 Å². The van der Waals surface area contributed by atoms with Crippen LogP contribution in [0.3, 0.4) is 0 Å². The zero-order valence-corrected chi connectivity index (χ0v) is 15.0. The number of hydrogen-bond donors (Lipinski definition) is 0. The van der Waals surface area contributed by atoms with Crippen LogP contribution in [0.4, 0.5) is 8.78 Å². The van der Waals surface area contributed by atoms with Crippen LogP contribution < -0.4 is 0 Å². The normalized spacial score (nSPS) is 23.2. The number of aromatic nitrogens is 2. The molecular weight excluding hydrogens is 380 g/mol. The Kier molecular flexibility index (Phi) is 4.26. The van der Waals surface area contributed by atoms with Crippen molar-refractivity contribution < 1.29 is 26.7 Å². The molecule has 2 aliphatic rings. The summed E-state index contributed by atoms with van der Waals surface area (Å²) in [5.41, 5.74) is -0.918. The van der Waals surface area contributed by atoms with Crippen molar-refractivity contribution in [1.82, 2.24) is 14.5 Å². The summed E-state index contributed by atoms with van der Waals surface area (Å²) >= 11 is 0. The van der Waals surface area contributed by atoms with Gasteiger partial charge in [-0.25, -0.2) is 22.2 Å². The molecule has 2 aromatic rings. The molecule has 0 aliphatic carbocycles. The fourth-order valence-corrected chi connectivity index (χ4v) is 5.39.